The first kappa shape index (κ1) is 14.8. The van der Waals surface area contributed by atoms with Crippen molar-refractivity contribution < 1.29 is 4.79 Å². The van der Waals surface area contributed by atoms with E-state index in [0.717, 1.165) is 43.6 Å². The van der Waals surface area contributed by atoms with Crippen LogP contribution in [0, 0.1) is 5.92 Å². The van der Waals surface area contributed by atoms with Gasteiger partial charge >= 0.3 is 0 Å². The van der Waals surface area contributed by atoms with Crippen molar-refractivity contribution >= 4 is 17.7 Å². The van der Waals surface area contributed by atoms with Crippen LogP contribution in [0.2, 0.25) is 0 Å². The van der Waals surface area contributed by atoms with Crippen LogP contribution in [0.15, 0.2) is 0 Å². The van der Waals surface area contributed by atoms with E-state index in [9.17, 15) is 4.79 Å². The van der Waals surface area contributed by atoms with Gasteiger partial charge in [0, 0.05) is 18.0 Å². The van der Waals surface area contributed by atoms with E-state index in [4.69, 9.17) is 5.73 Å². The maximum Gasteiger partial charge on any atom is 0.223 e. The molecule has 0 aliphatic heterocycles. The third-order valence-electron chi connectivity index (χ3n) is 3.37. The molecule has 0 heterocycles. The van der Waals surface area contributed by atoms with Crippen molar-refractivity contribution in [3.63, 3.8) is 0 Å². The third kappa shape index (κ3) is 5.77. The van der Waals surface area contributed by atoms with E-state index in [-0.39, 0.29) is 17.9 Å². The zero-order chi connectivity index (χ0) is 12.7. The second kappa shape index (κ2) is 7.98. The summed E-state index contributed by atoms with van der Waals surface area (Å²) < 4.78 is 0. The van der Waals surface area contributed by atoms with Crippen molar-refractivity contribution in [1.82, 2.24) is 5.32 Å². The van der Waals surface area contributed by atoms with Gasteiger partial charge in [-0.15, -0.1) is 0 Å². The molecule has 0 bridgehead atoms. The highest BCUT2D eigenvalue weighted by Crippen LogP contribution is 2.23. The smallest absolute Gasteiger partial charge is 0.223 e. The summed E-state index contributed by atoms with van der Waals surface area (Å²) in [5.41, 5.74) is 5.91. The lowest BCUT2D eigenvalue weighted by Gasteiger charge is -2.27. The van der Waals surface area contributed by atoms with E-state index in [1.54, 1.807) is 0 Å². The molecule has 1 fully saturated rings. The number of rotatable bonds is 6. The molecular weight excluding hydrogens is 232 g/mol. The summed E-state index contributed by atoms with van der Waals surface area (Å²) in [4.78, 5) is 12.0. The molecule has 4 heteroatoms. The second-order valence-electron chi connectivity index (χ2n) is 5.02. The van der Waals surface area contributed by atoms with Crippen LogP contribution >= 0.6 is 11.8 Å². The van der Waals surface area contributed by atoms with Crippen LogP contribution in [0.25, 0.3) is 0 Å². The van der Waals surface area contributed by atoms with Gasteiger partial charge in [0.25, 0.3) is 0 Å². The van der Waals surface area contributed by atoms with Gasteiger partial charge in [-0.1, -0.05) is 13.3 Å². The minimum Gasteiger partial charge on any atom is -0.353 e. The molecule has 0 aromatic rings. The maximum absolute atomic E-state index is 12.0. The van der Waals surface area contributed by atoms with Crippen LogP contribution in [0.3, 0.4) is 0 Å². The second-order valence-corrected chi connectivity index (χ2v) is 6.41. The third-order valence-corrected chi connectivity index (χ3v) is 4.31. The summed E-state index contributed by atoms with van der Waals surface area (Å²) in [5, 5.41) is 3.12. The van der Waals surface area contributed by atoms with Gasteiger partial charge in [0.1, 0.15) is 0 Å². The molecule has 100 valence electrons. The molecule has 17 heavy (non-hydrogen) atoms. The fraction of sp³-hybridized carbons (Fsp3) is 0.923. The van der Waals surface area contributed by atoms with Crippen molar-refractivity contribution in [1.29, 1.82) is 0 Å². The maximum atomic E-state index is 12.0. The predicted molar refractivity (Wildman–Crippen MR) is 75.2 cm³/mol. The first-order chi connectivity index (χ1) is 8.13. The molecule has 0 saturated heterocycles. The van der Waals surface area contributed by atoms with Gasteiger partial charge < -0.3 is 11.1 Å². The number of carbonyl (C=O) groups excluding carboxylic acids is 1. The van der Waals surface area contributed by atoms with Gasteiger partial charge in [0.2, 0.25) is 5.91 Å². The van der Waals surface area contributed by atoms with Gasteiger partial charge in [0.05, 0.1) is 0 Å². The quantitative estimate of drug-likeness (QED) is 0.718. The highest BCUT2D eigenvalue weighted by molar-refractivity contribution is 7.99. The minimum atomic E-state index is 0.153. The average molecular weight is 258 g/mol. The van der Waals surface area contributed by atoms with Crippen molar-refractivity contribution in [3.05, 3.63) is 0 Å². The van der Waals surface area contributed by atoms with Crippen LogP contribution < -0.4 is 11.1 Å². The molecule has 1 rings (SSSR count). The average Bonchev–Trinajstić information content (AvgIpc) is 2.29. The lowest BCUT2D eigenvalue weighted by molar-refractivity contribution is -0.126. The van der Waals surface area contributed by atoms with E-state index < -0.39 is 0 Å². The van der Waals surface area contributed by atoms with Gasteiger partial charge in [-0.2, -0.15) is 11.8 Å². The molecule has 3 unspecified atom stereocenters. The molecule has 0 aromatic heterocycles. The largest absolute Gasteiger partial charge is 0.353 e. The van der Waals surface area contributed by atoms with Gasteiger partial charge in [-0.05, 0) is 44.1 Å². The molecule has 0 aromatic carbocycles. The fourth-order valence-corrected chi connectivity index (χ4v) is 3.11. The van der Waals surface area contributed by atoms with Crippen LogP contribution in [-0.4, -0.2) is 29.5 Å². The van der Waals surface area contributed by atoms with Gasteiger partial charge in [-0.25, -0.2) is 0 Å². The molecule has 0 radical (unpaired) electrons. The lowest BCUT2D eigenvalue weighted by atomic mass is 9.85. The zero-order valence-electron chi connectivity index (χ0n) is 11.1. The standard InChI is InChI=1S/C13H26N2OS/c1-3-17-8-7-10(2)15-13(16)11-5-4-6-12(14)9-11/h10-12H,3-9,14H2,1-2H3,(H,15,16). The molecule has 1 aliphatic rings. The van der Waals surface area contributed by atoms with Crippen molar-refractivity contribution in [2.45, 2.75) is 58.0 Å². The summed E-state index contributed by atoms with van der Waals surface area (Å²) in [5.74, 6) is 2.65. The monoisotopic (exact) mass is 258 g/mol. The zero-order valence-corrected chi connectivity index (χ0v) is 11.9. The summed E-state index contributed by atoms with van der Waals surface area (Å²) in [6, 6.07) is 0.519. The Hall–Kier alpha value is -0.220. The highest BCUT2D eigenvalue weighted by Gasteiger charge is 2.25. The number of carbonyl (C=O) groups is 1. The highest BCUT2D eigenvalue weighted by atomic mass is 32.2. The molecule has 1 aliphatic carbocycles. The summed E-state index contributed by atoms with van der Waals surface area (Å²) >= 11 is 1.93. The summed E-state index contributed by atoms with van der Waals surface area (Å²) in [6.07, 6.45) is 5.10. The minimum absolute atomic E-state index is 0.153. The van der Waals surface area contributed by atoms with Crippen LogP contribution in [0.4, 0.5) is 0 Å². The Kier molecular flexibility index (Phi) is 6.97. The van der Waals surface area contributed by atoms with Crippen LogP contribution in [-0.2, 0) is 4.79 Å². The van der Waals surface area contributed by atoms with E-state index in [1.807, 2.05) is 11.8 Å². The molecule has 3 nitrogen and oxygen atoms in total. The van der Waals surface area contributed by atoms with E-state index in [0.29, 0.717) is 6.04 Å². The Balaban J connectivity index is 2.22. The number of nitrogens with one attached hydrogen (secondary N) is 1. The van der Waals surface area contributed by atoms with E-state index >= 15 is 0 Å². The molecule has 3 atom stereocenters. The Morgan fingerprint density at radius 2 is 2.29 bits per heavy atom. The molecule has 1 saturated carbocycles. The number of thioether (sulfide) groups is 1. The summed E-state index contributed by atoms with van der Waals surface area (Å²) in [7, 11) is 0. The van der Waals surface area contributed by atoms with Crippen molar-refractivity contribution in [3.8, 4) is 0 Å². The number of nitrogens with two attached hydrogens (primary N) is 1. The first-order valence-corrected chi connectivity index (χ1v) is 7.92. The topological polar surface area (TPSA) is 55.1 Å². The normalized spacial score (nSPS) is 26.5. The molecule has 1 amide bonds. The van der Waals surface area contributed by atoms with Crippen molar-refractivity contribution in [2.75, 3.05) is 11.5 Å². The Bertz CT molecular complexity index is 235. The predicted octanol–water partition coefficient (Wildman–Crippen LogP) is 2.15. The molecule has 0 spiro atoms. The Labute approximate surface area is 109 Å². The molecular formula is C13H26N2OS. The number of amides is 1. The number of hydrogen-bond donors (Lipinski definition) is 2. The Morgan fingerprint density at radius 1 is 1.53 bits per heavy atom. The lowest BCUT2D eigenvalue weighted by Crippen LogP contribution is -2.41. The van der Waals surface area contributed by atoms with Crippen LogP contribution in [0.5, 0.6) is 0 Å². The summed E-state index contributed by atoms with van der Waals surface area (Å²) in [6.45, 7) is 4.26. The number of hydrogen-bond acceptors (Lipinski definition) is 3. The fourth-order valence-electron chi connectivity index (χ4n) is 2.30. The SMILES string of the molecule is CCSCCC(C)NC(=O)C1CCCC(N)C1. The van der Waals surface area contributed by atoms with Gasteiger partial charge in [-0.3, -0.25) is 4.79 Å². The van der Waals surface area contributed by atoms with E-state index in [2.05, 4.69) is 19.2 Å². The van der Waals surface area contributed by atoms with Crippen molar-refractivity contribution in [2.24, 2.45) is 11.7 Å². The van der Waals surface area contributed by atoms with E-state index in [1.165, 1.54) is 0 Å². The van der Waals surface area contributed by atoms with Gasteiger partial charge in [0.15, 0.2) is 0 Å². The molecule has 3 N–H and O–H groups in total. The Morgan fingerprint density at radius 3 is 2.94 bits per heavy atom. The first-order valence-electron chi connectivity index (χ1n) is 6.77. The van der Waals surface area contributed by atoms with Crippen LogP contribution in [0.1, 0.15) is 46.0 Å².